The number of rotatable bonds is 0. The second-order valence-electron chi connectivity index (χ2n) is 4.78. The molecule has 0 aromatic heterocycles. The highest BCUT2D eigenvalue weighted by Gasteiger charge is 2.54. The number of hydrogen-bond acceptors (Lipinski definition) is 0. The van der Waals surface area contributed by atoms with Gasteiger partial charge in [-0.05, 0) is 55.3 Å². The fourth-order valence-corrected chi connectivity index (χ4v) is 4.02. The molecule has 0 saturated heterocycles. The van der Waals surface area contributed by atoms with Gasteiger partial charge in [0.15, 0.2) is 0 Å². The van der Waals surface area contributed by atoms with Gasteiger partial charge >= 0.3 is 0 Å². The van der Waals surface area contributed by atoms with Crippen LogP contribution in [0.25, 0.3) is 0 Å². The third-order valence-corrected chi connectivity index (χ3v) is 4.52. The third-order valence-electron chi connectivity index (χ3n) is 4.52. The van der Waals surface area contributed by atoms with E-state index in [0.29, 0.717) is 0 Å². The standard InChI is InChI=1S/C10H16/c1-6-4-7-5-10-8(6)2-3-9(7)10/h6-10H,2-5H2,1H3. The lowest BCUT2D eigenvalue weighted by Crippen LogP contribution is -2.43. The summed E-state index contributed by atoms with van der Waals surface area (Å²) in [6.07, 6.45) is 6.35. The van der Waals surface area contributed by atoms with Gasteiger partial charge in [-0.1, -0.05) is 6.92 Å². The molecule has 5 unspecified atom stereocenters. The summed E-state index contributed by atoms with van der Waals surface area (Å²) in [6, 6.07) is 0. The molecule has 0 heterocycles. The molecule has 0 spiro atoms. The van der Waals surface area contributed by atoms with Crippen LogP contribution in [-0.4, -0.2) is 0 Å². The molecule has 4 bridgehead atoms. The zero-order chi connectivity index (χ0) is 6.72. The molecule has 56 valence electrons. The molecular weight excluding hydrogens is 120 g/mol. The molecule has 4 fully saturated rings. The molecule has 4 aliphatic rings. The summed E-state index contributed by atoms with van der Waals surface area (Å²) in [7, 11) is 0. The van der Waals surface area contributed by atoms with Crippen molar-refractivity contribution in [2.75, 3.05) is 0 Å². The summed E-state index contributed by atoms with van der Waals surface area (Å²) in [4.78, 5) is 0. The van der Waals surface area contributed by atoms with E-state index in [1.165, 1.54) is 17.8 Å². The van der Waals surface area contributed by atoms with Crippen LogP contribution in [0.3, 0.4) is 0 Å². The van der Waals surface area contributed by atoms with Crippen LogP contribution in [0.5, 0.6) is 0 Å². The summed E-state index contributed by atoms with van der Waals surface area (Å²) in [5.74, 6) is 5.84. The Balaban J connectivity index is 1.94. The van der Waals surface area contributed by atoms with E-state index < -0.39 is 0 Å². The summed E-state index contributed by atoms with van der Waals surface area (Å²) in [6.45, 7) is 2.48. The van der Waals surface area contributed by atoms with E-state index in [4.69, 9.17) is 0 Å². The van der Waals surface area contributed by atoms with E-state index in [1.54, 1.807) is 25.7 Å². The zero-order valence-electron chi connectivity index (χ0n) is 6.72. The lowest BCUT2D eigenvalue weighted by atomic mass is 9.54. The highest BCUT2D eigenvalue weighted by atomic mass is 14.6. The predicted octanol–water partition coefficient (Wildman–Crippen LogP) is 2.69. The Morgan fingerprint density at radius 1 is 0.900 bits per heavy atom. The van der Waals surface area contributed by atoms with Crippen molar-refractivity contribution < 1.29 is 0 Å². The van der Waals surface area contributed by atoms with Crippen molar-refractivity contribution in [3.63, 3.8) is 0 Å². The van der Waals surface area contributed by atoms with Crippen molar-refractivity contribution in [1.29, 1.82) is 0 Å². The molecule has 0 aromatic rings. The minimum Gasteiger partial charge on any atom is -0.0622 e. The average molecular weight is 136 g/mol. The van der Waals surface area contributed by atoms with Gasteiger partial charge in [0.1, 0.15) is 0 Å². The van der Waals surface area contributed by atoms with Crippen molar-refractivity contribution in [2.24, 2.45) is 29.6 Å². The van der Waals surface area contributed by atoms with Crippen molar-refractivity contribution in [1.82, 2.24) is 0 Å². The van der Waals surface area contributed by atoms with Crippen molar-refractivity contribution in [3.8, 4) is 0 Å². The van der Waals surface area contributed by atoms with Crippen molar-refractivity contribution >= 4 is 0 Å². The van der Waals surface area contributed by atoms with E-state index in [2.05, 4.69) is 6.92 Å². The van der Waals surface area contributed by atoms with E-state index in [9.17, 15) is 0 Å². The minimum absolute atomic E-state index is 1.09. The van der Waals surface area contributed by atoms with Crippen LogP contribution in [0.1, 0.15) is 32.6 Å². The molecule has 0 radical (unpaired) electrons. The summed E-state index contributed by atoms with van der Waals surface area (Å²) >= 11 is 0. The largest absolute Gasteiger partial charge is 0.0622 e. The first-order valence-electron chi connectivity index (χ1n) is 4.86. The highest BCUT2D eigenvalue weighted by Crippen LogP contribution is 2.63. The smallest absolute Gasteiger partial charge is 0.0349 e. The Hall–Kier alpha value is 0. The second-order valence-corrected chi connectivity index (χ2v) is 4.78. The van der Waals surface area contributed by atoms with Crippen LogP contribution in [0.4, 0.5) is 0 Å². The van der Waals surface area contributed by atoms with Crippen LogP contribution in [0, 0.1) is 29.6 Å². The van der Waals surface area contributed by atoms with Crippen LogP contribution in [0.2, 0.25) is 0 Å². The monoisotopic (exact) mass is 136 g/mol. The van der Waals surface area contributed by atoms with Crippen molar-refractivity contribution in [2.45, 2.75) is 32.6 Å². The lowest BCUT2D eigenvalue weighted by molar-refractivity contribution is -0.0185. The zero-order valence-corrected chi connectivity index (χ0v) is 6.72. The first kappa shape index (κ1) is 5.62. The maximum Gasteiger partial charge on any atom is -0.0349 e. The number of hydrogen-bond donors (Lipinski definition) is 0. The Kier molecular flexibility index (Phi) is 0.898. The second kappa shape index (κ2) is 1.60. The van der Waals surface area contributed by atoms with Crippen LogP contribution < -0.4 is 0 Å². The molecule has 0 N–H and O–H groups in total. The third kappa shape index (κ3) is 0.466. The Morgan fingerprint density at radius 2 is 1.70 bits per heavy atom. The van der Waals surface area contributed by atoms with Crippen molar-refractivity contribution in [3.05, 3.63) is 0 Å². The van der Waals surface area contributed by atoms with Gasteiger partial charge in [0, 0.05) is 0 Å². The minimum atomic E-state index is 1.09. The Morgan fingerprint density at radius 3 is 2.50 bits per heavy atom. The maximum absolute atomic E-state index is 2.48. The molecular formula is C10H16. The predicted molar refractivity (Wildman–Crippen MR) is 41.6 cm³/mol. The van der Waals surface area contributed by atoms with Crippen LogP contribution >= 0.6 is 0 Å². The van der Waals surface area contributed by atoms with E-state index in [-0.39, 0.29) is 0 Å². The molecule has 10 heavy (non-hydrogen) atoms. The summed E-state index contributed by atoms with van der Waals surface area (Å²) < 4.78 is 0. The maximum atomic E-state index is 2.48. The van der Waals surface area contributed by atoms with Gasteiger partial charge < -0.3 is 0 Å². The van der Waals surface area contributed by atoms with Gasteiger partial charge in [-0.25, -0.2) is 0 Å². The van der Waals surface area contributed by atoms with Gasteiger partial charge in [-0.3, -0.25) is 0 Å². The summed E-state index contributed by atoms with van der Waals surface area (Å²) in [5.41, 5.74) is 0. The number of fused-ring (bicyclic) bond motifs is 1. The molecule has 0 amide bonds. The first-order chi connectivity index (χ1) is 4.86. The van der Waals surface area contributed by atoms with E-state index in [1.807, 2.05) is 0 Å². The summed E-state index contributed by atoms with van der Waals surface area (Å²) in [5, 5.41) is 0. The topological polar surface area (TPSA) is 0 Å². The fourth-order valence-electron chi connectivity index (χ4n) is 4.02. The normalized spacial score (nSPS) is 63.9. The van der Waals surface area contributed by atoms with Gasteiger partial charge in [0.2, 0.25) is 0 Å². The molecule has 4 aliphatic carbocycles. The SMILES string of the molecule is CC1CC2CC3C1CCC23. The van der Waals surface area contributed by atoms with Crippen LogP contribution in [0.15, 0.2) is 0 Å². The molecule has 0 aromatic carbocycles. The van der Waals surface area contributed by atoms with Gasteiger partial charge in [0.25, 0.3) is 0 Å². The molecule has 4 saturated carbocycles. The molecule has 5 atom stereocenters. The van der Waals surface area contributed by atoms with Crippen LogP contribution in [-0.2, 0) is 0 Å². The van der Waals surface area contributed by atoms with Gasteiger partial charge in [-0.15, -0.1) is 0 Å². The molecule has 0 nitrogen and oxygen atoms in total. The van der Waals surface area contributed by atoms with E-state index in [0.717, 1.165) is 11.8 Å². The first-order valence-corrected chi connectivity index (χ1v) is 4.86. The van der Waals surface area contributed by atoms with Gasteiger partial charge in [-0.2, -0.15) is 0 Å². The molecule has 0 aliphatic heterocycles. The highest BCUT2D eigenvalue weighted by molar-refractivity contribution is 5.04. The molecule has 4 rings (SSSR count). The quantitative estimate of drug-likeness (QED) is 0.480. The van der Waals surface area contributed by atoms with E-state index >= 15 is 0 Å². The Bertz CT molecular complexity index is 161. The fraction of sp³-hybridized carbons (Fsp3) is 1.00. The Labute approximate surface area is 63.0 Å². The van der Waals surface area contributed by atoms with Gasteiger partial charge in [0.05, 0.1) is 0 Å². The average Bonchev–Trinajstić information content (AvgIpc) is 2.16. The lowest BCUT2D eigenvalue weighted by Gasteiger charge is -2.51. The molecule has 0 heteroatoms.